The van der Waals surface area contributed by atoms with Gasteiger partial charge in [0, 0.05) is 0 Å². The van der Waals surface area contributed by atoms with Crippen LogP contribution in [0.15, 0.2) is 48.5 Å². The SMILES string of the molecule is C[C@@H](Oc1ccc(F)cc1)C(=O)N[C@H]1CCCc2ccccc21. The largest absolute Gasteiger partial charge is 0.481 e. The van der Waals surface area contributed by atoms with Crippen molar-refractivity contribution >= 4 is 5.91 Å². The molecule has 0 spiro atoms. The lowest BCUT2D eigenvalue weighted by atomic mass is 9.87. The normalized spacial score (nSPS) is 17.9. The van der Waals surface area contributed by atoms with Crippen molar-refractivity contribution in [3.8, 4) is 5.75 Å². The second kappa shape index (κ2) is 6.82. The standard InChI is InChI=1S/C19H20FNO2/c1-13(23-16-11-9-15(20)10-12-16)19(22)21-18-8-4-6-14-5-2-3-7-17(14)18/h2-3,5,7,9-13,18H,4,6,8H2,1H3,(H,21,22)/t13-,18+/m1/s1. The molecule has 2 aromatic rings. The Kier molecular flexibility index (Phi) is 4.60. The minimum Gasteiger partial charge on any atom is -0.481 e. The quantitative estimate of drug-likeness (QED) is 0.932. The average molecular weight is 313 g/mol. The van der Waals surface area contributed by atoms with E-state index in [1.165, 1.54) is 35.4 Å². The molecule has 0 heterocycles. The fraction of sp³-hybridized carbons (Fsp3) is 0.316. The summed E-state index contributed by atoms with van der Waals surface area (Å²) >= 11 is 0. The molecule has 0 unspecified atom stereocenters. The topological polar surface area (TPSA) is 38.3 Å². The minimum absolute atomic E-state index is 0.0340. The molecule has 1 amide bonds. The molecule has 0 aliphatic heterocycles. The van der Waals surface area contributed by atoms with Crippen molar-refractivity contribution in [2.45, 2.75) is 38.3 Å². The Bertz CT molecular complexity index is 684. The van der Waals surface area contributed by atoms with Crippen LogP contribution < -0.4 is 10.1 Å². The number of hydrogen-bond donors (Lipinski definition) is 1. The molecule has 2 atom stereocenters. The molecule has 4 heteroatoms. The van der Waals surface area contributed by atoms with E-state index in [4.69, 9.17) is 4.74 Å². The van der Waals surface area contributed by atoms with E-state index < -0.39 is 6.10 Å². The third-order valence-electron chi connectivity index (χ3n) is 4.18. The summed E-state index contributed by atoms with van der Waals surface area (Å²) in [6.07, 6.45) is 2.43. The summed E-state index contributed by atoms with van der Waals surface area (Å²) in [6.45, 7) is 1.70. The monoisotopic (exact) mass is 313 g/mol. The van der Waals surface area contributed by atoms with Gasteiger partial charge in [0.25, 0.3) is 5.91 Å². The van der Waals surface area contributed by atoms with Crippen molar-refractivity contribution in [3.05, 3.63) is 65.5 Å². The zero-order valence-corrected chi connectivity index (χ0v) is 13.1. The van der Waals surface area contributed by atoms with Gasteiger partial charge in [-0.15, -0.1) is 0 Å². The van der Waals surface area contributed by atoms with Gasteiger partial charge in [0.1, 0.15) is 11.6 Å². The van der Waals surface area contributed by atoms with Gasteiger partial charge in [0.15, 0.2) is 6.10 Å². The summed E-state index contributed by atoms with van der Waals surface area (Å²) in [6, 6.07) is 13.9. The highest BCUT2D eigenvalue weighted by atomic mass is 19.1. The maximum Gasteiger partial charge on any atom is 0.261 e. The summed E-state index contributed by atoms with van der Waals surface area (Å²) < 4.78 is 18.5. The van der Waals surface area contributed by atoms with Crippen LogP contribution >= 0.6 is 0 Å². The van der Waals surface area contributed by atoms with Crippen molar-refractivity contribution in [2.75, 3.05) is 0 Å². The van der Waals surface area contributed by atoms with Crippen molar-refractivity contribution < 1.29 is 13.9 Å². The number of benzene rings is 2. The molecule has 120 valence electrons. The zero-order chi connectivity index (χ0) is 16.2. The van der Waals surface area contributed by atoms with Crippen LogP contribution in [0.25, 0.3) is 0 Å². The summed E-state index contributed by atoms with van der Waals surface area (Å²) in [5.41, 5.74) is 2.50. The van der Waals surface area contributed by atoms with Gasteiger partial charge in [-0.05, 0) is 61.6 Å². The van der Waals surface area contributed by atoms with Crippen LogP contribution in [0.1, 0.15) is 36.9 Å². The lowest BCUT2D eigenvalue weighted by molar-refractivity contribution is -0.128. The third-order valence-corrected chi connectivity index (χ3v) is 4.18. The first-order chi connectivity index (χ1) is 11.1. The van der Waals surface area contributed by atoms with E-state index in [-0.39, 0.29) is 17.8 Å². The summed E-state index contributed by atoms with van der Waals surface area (Å²) in [7, 11) is 0. The smallest absolute Gasteiger partial charge is 0.261 e. The highest BCUT2D eigenvalue weighted by Crippen LogP contribution is 2.29. The summed E-state index contributed by atoms with van der Waals surface area (Å²) in [4.78, 5) is 12.4. The van der Waals surface area contributed by atoms with Gasteiger partial charge in [-0.2, -0.15) is 0 Å². The Labute approximate surface area is 135 Å². The van der Waals surface area contributed by atoms with Gasteiger partial charge < -0.3 is 10.1 Å². The molecule has 0 bridgehead atoms. The number of hydrogen-bond acceptors (Lipinski definition) is 2. The van der Waals surface area contributed by atoms with Crippen LogP contribution in [0, 0.1) is 5.82 Å². The summed E-state index contributed by atoms with van der Waals surface area (Å²) in [5.74, 6) is 0.00221. The van der Waals surface area contributed by atoms with Crippen LogP contribution in [-0.2, 0) is 11.2 Å². The molecule has 1 aliphatic rings. The maximum atomic E-state index is 12.9. The van der Waals surface area contributed by atoms with Crippen LogP contribution in [0.5, 0.6) is 5.75 Å². The molecule has 2 aromatic carbocycles. The Balaban J connectivity index is 1.64. The third kappa shape index (κ3) is 3.70. The van der Waals surface area contributed by atoms with Crippen molar-refractivity contribution in [2.24, 2.45) is 0 Å². The van der Waals surface area contributed by atoms with Gasteiger partial charge in [0.05, 0.1) is 6.04 Å². The Morgan fingerprint density at radius 3 is 2.74 bits per heavy atom. The number of carbonyl (C=O) groups is 1. The molecule has 3 nitrogen and oxygen atoms in total. The van der Waals surface area contributed by atoms with Crippen LogP contribution in [0.3, 0.4) is 0 Å². The fourth-order valence-corrected chi connectivity index (χ4v) is 2.96. The van der Waals surface area contributed by atoms with Crippen molar-refractivity contribution in [3.63, 3.8) is 0 Å². The van der Waals surface area contributed by atoms with E-state index in [9.17, 15) is 9.18 Å². The zero-order valence-electron chi connectivity index (χ0n) is 13.1. The molecule has 23 heavy (non-hydrogen) atoms. The predicted molar refractivity (Wildman–Crippen MR) is 86.8 cm³/mol. The molecule has 0 saturated carbocycles. The van der Waals surface area contributed by atoms with E-state index in [0.29, 0.717) is 5.75 Å². The van der Waals surface area contributed by atoms with E-state index in [1.54, 1.807) is 6.92 Å². The van der Waals surface area contributed by atoms with Gasteiger partial charge in [-0.25, -0.2) is 4.39 Å². The number of amides is 1. The van der Waals surface area contributed by atoms with Gasteiger partial charge in [-0.3, -0.25) is 4.79 Å². The number of carbonyl (C=O) groups excluding carboxylic acids is 1. The molecular weight excluding hydrogens is 293 g/mol. The van der Waals surface area contributed by atoms with Crippen LogP contribution in [0.2, 0.25) is 0 Å². The number of nitrogens with one attached hydrogen (secondary N) is 1. The maximum absolute atomic E-state index is 12.9. The molecule has 1 aliphatic carbocycles. The number of ether oxygens (including phenoxy) is 1. The highest BCUT2D eigenvalue weighted by Gasteiger charge is 2.24. The van der Waals surface area contributed by atoms with Gasteiger partial charge >= 0.3 is 0 Å². The van der Waals surface area contributed by atoms with E-state index >= 15 is 0 Å². The molecule has 0 fully saturated rings. The second-order valence-electron chi connectivity index (χ2n) is 5.87. The molecule has 0 aromatic heterocycles. The molecule has 0 saturated heterocycles. The second-order valence-corrected chi connectivity index (χ2v) is 5.87. The molecule has 0 radical (unpaired) electrons. The van der Waals surface area contributed by atoms with Crippen LogP contribution in [-0.4, -0.2) is 12.0 Å². The van der Waals surface area contributed by atoms with Gasteiger partial charge in [-0.1, -0.05) is 24.3 Å². The Hall–Kier alpha value is -2.36. The Morgan fingerprint density at radius 1 is 1.22 bits per heavy atom. The van der Waals surface area contributed by atoms with E-state index in [0.717, 1.165) is 19.3 Å². The molecule has 3 rings (SSSR count). The Morgan fingerprint density at radius 2 is 1.96 bits per heavy atom. The number of rotatable bonds is 4. The van der Waals surface area contributed by atoms with Crippen LogP contribution in [0.4, 0.5) is 4.39 Å². The fourth-order valence-electron chi connectivity index (χ4n) is 2.96. The number of aryl methyl sites for hydroxylation is 1. The predicted octanol–water partition coefficient (Wildman–Crippen LogP) is 3.79. The molecular formula is C19H20FNO2. The van der Waals surface area contributed by atoms with Crippen molar-refractivity contribution in [1.29, 1.82) is 0 Å². The first-order valence-electron chi connectivity index (χ1n) is 7.94. The lowest BCUT2D eigenvalue weighted by Gasteiger charge is -2.27. The van der Waals surface area contributed by atoms with Gasteiger partial charge in [0.2, 0.25) is 0 Å². The minimum atomic E-state index is -0.630. The average Bonchev–Trinajstić information content (AvgIpc) is 2.57. The van der Waals surface area contributed by atoms with E-state index in [2.05, 4.69) is 17.4 Å². The summed E-state index contributed by atoms with van der Waals surface area (Å²) in [5, 5.41) is 3.07. The number of fused-ring (bicyclic) bond motifs is 1. The first kappa shape index (κ1) is 15.5. The van der Waals surface area contributed by atoms with Crippen molar-refractivity contribution in [1.82, 2.24) is 5.32 Å². The molecule has 1 N–H and O–H groups in total. The van der Waals surface area contributed by atoms with E-state index in [1.807, 2.05) is 12.1 Å². The lowest BCUT2D eigenvalue weighted by Crippen LogP contribution is -2.39. The first-order valence-corrected chi connectivity index (χ1v) is 7.94. The number of halogens is 1. The highest BCUT2D eigenvalue weighted by molar-refractivity contribution is 5.81.